The first-order chi connectivity index (χ1) is 8.62. The van der Waals surface area contributed by atoms with E-state index in [1.165, 1.54) is 27.5 Å². The van der Waals surface area contributed by atoms with Crippen LogP contribution in [-0.2, 0) is 0 Å². The zero-order valence-corrected chi connectivity index (χ0v) is 10.4. The molecule has 98 valence electrons. The van der Waals surface area contributed by atoms with Crippen LogP contribution in [0.4, 0.5) is 4.79 Å². The number of hydrazone groups is 1. The second-order valence-electron chi connectivity index (χ2n) is 3.18. The van der Waals surface area contributed by atoms with Gasteiger partial charge in [0.2, 0.25) is 0 Å². The van der Waals surface area contributed by atoms with Gasteiger partial charge in [-0.2, -0.15) is 5.10 Å². The lowest BCUT2D eigenvalue weighted by Gasteiger charge is -2.11. The number of amides is 2. The lowest BCUT2D eigenvalue weighted by molar-refractivity contribution is 0.249. The summed E-state index contributed by atoms with van der Waals surface area (Å²) in [5, 5.41) is 3.66. The number of hydrogen-bond acceptors (Lipinski definition) is 5. The summed E-state index contributed by atoms with van der Waals surface area (Å²) < 4.78 is 15.5. The number of nitrogens with zero attached hydrogens (tertiary/aromatic N) is 1. The molecule has 0 heterocycles. The number of ether oxygens (including phenoxy) is 3. The van der Waals surface area contributed by atoms with Gasteiger partial charge in [0.1, 0.15) is 17.2 Å². The van der Waals surface area contributed by atoms with E-state index in [1.54, 1.807) is 12.1 Å². The van der Waals surface area contributed by atoms with Gasteiger partial charge in [0.25, 0.3) is 0 Å². The average molecular weight is 253 g/mol. The zero-order chi connectivity index (χ0) is 13.5. The monoisotopic (exact) mass is 253 g/mol. The normalized spacial score (nSPS) is 10.2. The highest BCUT2D eigenvalue weighted by Crippen LogP contribution is 2.32. The summed E-state index contributed by atoms with van der Waals surface area (Å²) in [6, 6.07) is 2.60. The Hall–Kier alpha value is -2.44. The van der Waals surface area contributed by atoms with Crippen LogP contribution in [0, 0.1) is 0 Å². The van der Waals surface area contributed by atoms with Crippen LogP contribution in [0.25, 0.3) is 0 Å². The van der Waals surface area contributed by atoms with Crippen molar-refractivity contribution in [1.29, 1.82) is 0 Å². The summed E-state index contributed by atoms with van der Waals surface area (Å²) in [4.78, 5) is 10.5. The largest absolute Gasteiger partial charge is 0.496 e. The lowest BCUT2D eigenvalue weighted by atomic mass is 10.2. The molecule has 0 atom stereocenters. The minimum absolute atomic E-state index is 0.501. The van der Waals surface area contributed by atoms with Crippen LogP contribution < -0.4 is 25.4 Å². The van der Waals surface area contributed by atoms with Gasteiger partial charge >= 0.3 is 6.03 Å². The Balaban J connectivity index is 3.14. The Morgan fingerprint density at radius 2 is 1.78 bits per heavy atom. The molecular formula is C11H15N3O4. The van der Waals surface area contributed by atoms with Crippen LogP contribution in [0.1, 0.15) is 5.56 Å². The third-order valence-corrected chi connectivity index (χ3v) is 2.12. The highest BCUT2D eigenvalue weighted by molar-refractivity contribution is 5.88. The van der Waals surface area contributed by atoms with Crippen molar-refractivity contribution in [3.05, 3.63) is 17.7 Å². The van der Waals surface area contributed by atoms with Crippen LogP contribution in [0.5, 0.6) is 17.2 Å². The van der Waals surface area contributed by atoms with E-state index in [-0.39, 0.29) is 0 Å². The van der Waals surface area contributed by atoms with E-state index < -0.39 is 6.03 Å². The van der Waals surface area contributed by atoms with Gasteiger partial charge in [0, 0.05) is 12.1 Å². The molecule has 7 nitrogen and oxygen atoms in total. The van der Waals surface area contributed by atoms with E-state index in [9.17, 15) is 4.79 Å². The van der Waals surface area contributed by atoms with E-state index in [2.05, 4.69) is 10.5 Å². The highest BCUT2D eigenvalue weighted by Gasteiger charge is 2.11. The van der Waals surface area contributed by atoms with E-state index in [0.29, 0.717) is 22.8 Å². The quantitative estimate of drug-likeness (QED) is 0.597. The first-order valence-corrected chi connectivity index (χ1v) is 5.01. The van der Waals surface area contributed by atoms with Crippen LogP contribution >= 0.6 is 0 Å². The second kappa shape index (κ2) is 6.33. The van der Waals surface area contributed by atoms with Crippen LogP contribution in [-0.4, -0.2) is 33.6 Å². The maximum absolute atomic E-state index is 10.5. The Kier molecular flexibility index (Phi) is 4.79. The summed E-state index contributed by atoms with van der Waals surface area (Å²) in [6.45, 7) is 0. The maximum atomic E-state index is 10.5. The molecular weight excluding hydrogens is 238 g/mol. The molecule has 0 radical (unpaired) electrons. The SMILES string of the molecule is COc1cc(OC)c(/C=N\NC(N)=O)c(OC)c1. The van der Waals surface area contributed by atoms with E-state index in [1.807, 2.05) is 0 Å². The van der Waals surface area contributed by atoms with E-state index in [4.69, 9.17) is 19.9 Å². The fourth-order valence-corrected chi connectivity index (χ4v) is 1.32. The van der Waals surface area contributed by atoms with Crippen molar-refractivity contribution in [2.45, 2.75) is 0 Å². The third kappa shape index (κ3) is 3.27. The van der Waals surface area contributed by atoms with Crippen molar-refractivity contribution in [2.75, 3.05) is 21.3 Å². The van der Waals surface area contributed by atoms with E-state index >= 15 is 0 Å². The third-order valence-electron chi connectivity index (χ3n) is 2.12. The number of carbonyl (C=O) groups is 1. The minimum Gasteiger partial charge on any atom is -0.496 e. The highest BCUT2D eigenvalue weighted by atomic mass is 16.5. The lowest BCUT2D eigenvalue weighted by Crippen LogP contribution is -2.24. The molecule has 1 rings (SSSR count). The second-order valence-corrected chi connectivity index (χ2v) is 3.18. The van der Waals surface area contributed by atoms with Crippen molar-refractivity contribution in [2.24, 2.45) is 10.8 Å². The fourth-order valence-electron chi connectivity index (χ4n) is 1.32. The van der Waals surface area contributed by atoms with Crippen molar-refractivity contribution >= 4 is 12.2 Å². The summed E-state index contributed by atoms with van der Waals surface area (Å²) in [7, 11) is 4.55. The zero-order valence-electron chi connectivity index (χ0n) is 10.4. The van der Waals surface area contributed by atoms with Crippen molar-refractivity contribution < 1.29 is 19.0 Å². The van der Waals surface area contributed by atoms with Gasteiger partial charge in [-0.05, 0) is 0 Å². The molecule has 0 aromatic heterocycles. The molecule has 18 heavy (non-hydrogen) atoms. The molecule has 0 saturated heterocycles. The predicted octanol–water partition coefficient (Wildman–Crippen LogP) is 0.715. The number of carbonyl (C=O) groups excluding carboxylic acids is 1. The summed E-state index contributed by atoms with van der Waals surface area (Å²) in [5.74, 6) is 1.59. The summed E-state index contributed by atoms with van der Waals surface area (Å²) >= 11 is 0. The molecule has 0 aliphatic carbocycles. The summed E-state index contributed by atoms with van der Waals surface area (Å²) in [5.41, 5.74) is 7.55. The first-order valence-electron chi connectivity index (χ1n) is 5.01. The number of benzene rings is 1. The van der Waals surface area contributed by atoms with Crippen molar-refractivity contribution in [3.8, 4) is 17.2 Å². The predicted molar refractivity (Wildman–Crippen MR) is 66.4 cm³/mol. The number of rotatable bonds is 5. The van der Waals surface area contributed by atoms with E-state index in [0.717, 1.165) is 0 Å². The molecule has 1 aromatic rings. The Morgan fingerprint density at radius 3 is 2.17 bits per heavy atom. The Bertz CT molecular complexity index is 435. The molecule has 0 aliphatic heterocycles. The molecule has 1 aromatic carbocycles. The minimum atomic E-state index is -0.752. The average Bonchev–Trinajstić information content (AvgIpc) is 2.37. The van der Waals surface area contributed by atoms with Gasteiger partial charge in [0.05, 0.1) is 33.1 Å². The standard InChI is InChI=1S/C11H15N3O4/c1-16-7-4-9(17-2)8(10(5-7)18-3)6-13-14-11(12)15/h4-6H,1-3H3,(H3,12,14,15)/b13-6-. The van der Waals surface area contributed by atoms with Gasteiger partial charge in [-0.1, -0.05) is 0 Å². The molecule has 7 heteroatoms. The summed E-state index contributed by atoms with van der Waals surface area (Å²) in [6.07, 6.45) is 1.38. The smallest absolute Gasteiger partial charge is 0.332 e. The molecule has 0 spiro atoms. The van der Waals surface area contributed by atoms with Gasteiger partial charge in [-0.15, -0.1) is 0 Å². The molecule has 0 fully saturated rings. The number of primary amides is 1. The van der Waals surface area contributed by atoms with Crippen LogP contribution in [0.2, 0.25) is 0 Å². The molecule has 0 unspecified atom stereocenters. The van der Waals surface area contributed by atoms with Crippen LogP contribution in [0.15, 0.2) is 17.2 Å². The number of hydrogen-bond donors (Lipinski definition) is 2. The van der Waals surface area contributed by atoms with Crippen molar-refractivity contribution in [3.63, 3.8) is 0 Å². The number of nitrogens with one attached hydrogen (secondary N) is 1. The van der Waals surface area contributed by atoms with Gasteiger partial charge in [0.15, 0.2) is 0 Å². The number of urea groups is 1. The molecule has 0 bridgehead atoms. The maximum Gasteiger partial charge on any atom is 0.332 e. The molecule has 2 amide bonds. The van der Waals surface area contributed by atoms with Crippen LogP contribution in [0.3, 0.4) is 0 Å². The Labute approximate surface area is 105 Å². The van der Waals surface area contributed by atoms with Gasteiger partial charge in [-0.25, -0.2) is 10.2 Å². The first kappa shape index (κ1) is 13.6. The Morgan fingerprint density at radius 1 is 1.22 bits per heavy atom. The molecule has 3 N–H and O–H groups in total. The number of methoxy groups -OCH3 is 3. The topological polar surface area (TPSA) is 95.2 Å². The number of nitrogens with two attached hydrogens (primary N) is 1. The fraction of sp³-hybridized carbons (Fsp3) is 0.273. The molecule has 0 saturated carbocycles. The van der Waals surface area contributed by atoms with Gasteiger partial charge < -0.3 is 19.9 Å². The van der Waals surface area contributed by atoms with Crippen molar-refractivity contribution in [1.82, 2.24) is 5.43 Å². The molecule has 0 aliphatic rings. The van der Waals surface area contributed by atoms with Gasteiger partial charge in [-0.3, -0.25) is 0 Å².